The molecule has 4 heteroatoms. The summed E-state index contributed by atoms with van der Waals surface area (Å²) in [4.78, 5) is 16.5. The van der Waals surface area contributed by atoms with Gasteiger partial charge in [0.1, 0.15) is 7.11 Å². The van der Waals surface area contributed by atoms with Crippen LogP contribution in [-0.4, -0.2) is 17.1 Å². The fourth-order valence-electron chi connectivity index (χ4n) is 0.659. The van der Waals surface area contributed by atoms with E-state index in [1.54, 1.807) is 6.92 Å². The zero-order chi connectivity index (χ0) is 6.85. The van der Waals surface area contributed by atoms with E-state index in [2.05, 4.69) is 5.10 Å². The van der Waals surface area contributed by atoms with Crippen molar-refractivity contribution in [3.8, 4) is 0 Å². The Morgan fingerprint density at radius 3 is 2.67 bits per heavy atom. The van der Waals surface area contributed by atoms with Crippen LogP contribution in [0.15, 0.2) is 10.9 Å². The van der Waals surface area contributed by atoms with Gasteiger partial charge in [-0.3, -0.25) is 4.79 Å². The Morgan fingerprint density at radius 2 is 2.44 bits per heavy atom. The van der Waals surface area contributed by atoms with Gasteiger partial charge in [-0.1, -0.05) is 0 Å². The summed E-state index contributed by atoms with van der Waals surface area (Å²) < 4.78 is 0. The second kappa shape index (κ2) is 1.97. The van der Waals surface area contributed by atoms with Crippen LogP contribution in [-0.2, 0) is 0 Å². The summed E-state index contributed by atoms with van der Waals surface area (Å²) in [5.41, 5.74) is 0.622. The molecule has 1 rings (SSSR count). The van der Waals surface area contributed by atoms with Gasteiger partial charge in [-0.05, 0) is 6.92 Å². The average molecular weight is 128 g/mol. The second-order valence-electron chi connectivity index (χ2n) is 1.74. The van der Waals surface area contributed by atoms with E-state index in [-0.39, 0.29) is 5.56 Å². The largest absolute Gasteiger partial charge is 0.401 e. The number of aromatic amines is 1. The molecule has 1 aromatic rings. The van der Waals surface area contributed by atoms with Crippen molar-refractivity contribution in [2.45, 2.75) is 6.92 Å². The van der Waals surface area contributed by atoms with Gasteiger partial charge >= 0.3 is 0 Å². The quantitative estimate of drug-likeness (QED) is 0.556. The molecule has 0 radical (unpaired) electrons. The summed E-state index contributed by atoms with van der Waals surface area (Å²) in [6.45, 7) is 1.78. The predicted octanol–water partition coefficient (Wildman–Crippen LogP) is -0.457. The van der Waals surface area contributed by atoms with Crippen molar-refractivity contribution < 1.29 is 4.84 Å². The van der Waals surface area contributed by atoms with Gasteiger partial charge in [-0.15, -0.1) is 4.85 Å². The Morgan fingerprint density at radius 1 is 1.78 bits per heavy atom. The van der Waals surface area contributed by atoms with Crippen molar-refractivity contribution in [2.75, 3.05) is 7.11 Å². The first-order chi connectivity index (χ1) is 4.24. The molecular formula is C5H8N2O2. The highest BCUT2D eigenvalue weighted by molar-refractivity contribution is 4.95. The summed E-state index contributed by atoms with van der Waals surface area (Å²) in [5.74, 6) is 0. The number of nitrogens with one attached hydrogen (secondary N) is 1. The minimum absolute atomic E-state index is 0.144. The Hall–Kier alpha value is -1.19. The topological polar surface area (TPSA) is 47.0 Å². The third-order valence-corrected chi connectivity index (χ3v) is 1.05. The molecule has 0 unspecified atom stereocenters. The van der Waals surface area contributed by atoms with Gasteiger partial charge in [0, 0.05) is 6.07 Å². The van der Waals surface area contributed by atoms with E-state index in [4.69, 9.17) is 4.84 Å². The minimum Gasteiger partial charge on any atom is -0.401 e. The van der Waals surface area contributed by atoms with Crippen molar-refractivity contribution in [2.24, 2.45) is 0 Å². The lowest BCUT2D eigenvalue weighted by Crippen LogP contribution is -2.12. The zero-order valence-electron chi connectivity index (χ0n) is 5.34. The van der Waals surface area contributed by atoms with Crippen LogP contribution in [0.2, 0.25) is 0 Å². The lowest BCUT2D eigenvalue weighted by atomic mass is 10.5. The van der Waals surface area contributed by atoms with Crippen molar-refractivity contribution in [3.05, 3.63) is 22.1 Å². The molecule has 0 saturated carbocycles. The van der Waals surface area contributed by atoms with Crippen LogP contribution in [0.4, 0.5) is 0 Å². The van der Waals surface area contributed by atoms with Gasteiger partial charge in [0.05, 0.1) is 5.69 Å². The van der Waals surface area contributed by atoms with Crippen molar-refractivity contribution in [3.63, 3.8) is 0 Å². The molecule has 1 aromatic heterocycles. The average Bonchev–Trinajstić information content (AvgIpc) is 2.10. The molecule has 9 heavy (non-hydrogen) atoms. The highest BCUT2D eigenvalue weighted by atomic mass is 16.7. The van der Waals surface area contributed by atoms with Gasteiger partial charge in [-0.2, -0.15) is 0 Å². The third-order valence-electron chi connectivity index (χ3n) is 1.05. The molecule has 0 aliphatic heterocycles. The lowest BCUT2D eigenvalue weighted by molar-refractivity contribution is 0.127. The maximum absolute atomic E-state index is 10.5. The third kappa shape index (κ3) is 0.960. The molecule has 50 valence electrons. The first kappa shape index (κ1) is 5.94. The minimum atomic E-state index is -0.144. The first-order valence-corrected chi connectivity index (χ1v) is 2.57. The fourth-order valence-corrected chi connectivity index (χ4v) is 0.659. The van der Waals surface area contributed by atoms with Crippen LogP contribution < -0.4 is 10.4 Å². The summed E-state index contributed by atoms with van der Waals surface area (Å²) >= 11 is 0. The molecule has 0 saturated heterocycles. The Labute approximate surface area is 52.0 Å². The van der Waals surface area contributed by atoms with Gasteiger partial charge in [0.25, 0.3) is 5.56 Å². The van der Waals surface area contributed by atoms with Gasteiger partial charge < -0.3 is 4.84 Å². The van der Waals surface area contributed by atoms with Crippen LogP contribution in [0.1, 0.15) is 5.69 Å². The normalized spacial score (nSPS) is 9.56. The number of H-pyrrole nitrogens is 1. The summed E-state index contributed by atoms with van der Waals surface area (Å²) in [7, 11) is 1.49. The molecule has 0 spiro atoms. The van der Waals surface area contributed by atoms with E-state index < -0.39 is 0 Å². The molecule has 0 aliphatic carbocycles. The van der Waals surface area contributed by atoms with E-state index in [1.807, 2.05) is 0 Å². The maximum Gasteiger partial charge on any atom is 0.267 e. The second-order valence-corrected chi connectivity index (χ2v) is 1.74. The Balaban J connectivity index is 3.16. The van der Waals surface area contributed by atoms with Crippen LogP contribution in [0.5, 0.6) is 0 Å². The highest BCUT2D eigenvalue weighted by Crippen LogP contribution is 1.84. The van der Waals surface area contributed by atoms with Crippen LogP contribution in [0.3, 0.4) is 0 Å². The van der Waals surface area contributed by atoms with Crippen molar-refractivity contribution >= 4 is 0 Å². The summed E-state index contributed by atoms with van der Waals surface area (Å²) in [6, 6.07) is 1.46. The maximum atomic E-state index is 10.5. The zero-order valence-corrected chi connectivity index (χ0v) is 5.34. The smallest absolute Gasteiger partial charge is 0.267 e. The van der Waals surface area contributed by atoms with Crippen LogP contribution in [0.25, 0.3) is 0 Å². The molecule has 0 aliphatic rings. The molecule has 4 nitrogen and oxygen atoms in total. The molecular weight excluding hydrogens is 120 g/mol. The number of hydrogen-bond acceptors (Lipinski definition) is 2. The molecule has 0 bridgehead atoms. The Kier molecular flexibility index (Phi) is 1.30. The van der Waals surface area contributed by atoms with Gasteiger partial charge in [0.2, 0.25) is 0 Å². The molecule has 0 atom stereocenters. The number of aryl methyl sites for hydroxylation is 1. The number of nitrogens with zero attached hydrogens (tertiary/aromatic N) is 1. The van der Waals surface area contributed by atoms with E-state index in [1.165, 1.54) is 18.0 Å². The standard InChI is InChI=1S/C5H8N2O2/c1-4-3-5(8)6-7(4)9-2/h3H,1-2H3,(H,6,8). The van der Waals surface area contributed by atoms with Gasteiger partial charge in [0.15, 0.2) is 0 Å². The molecule has 0 amide bonds. The lowest BCUT2D eigenvalue weighted by Gasteiger charge is -1.98. The number of rotatable bonds is 1. The number of hydrogen-bond donors (Lipinski definition) is 1. The summed E-state index contributed by atoms with van der Waals surface area (Å²) in [6.07, 6.45) is 0. The molecule has 1 heterocycles. The van der Waals surface area contributed by atoms with E-state index in [0.29, 0.717) is 0 Å². The molecule has 1 N–H and O–H groups in total. The Bertz CT molecular complexity index is 248. The fraction of sp³-hybridized carbons (Fsp3) is 0.400. The van der Waals surface area contributed by atoms with Crippen molar-refractivity contribution in [1.82, 2.24) is 9.94 Å². The van der Waals surface area contributed by atoms with Crippen LogP contribution >= 0.6 is 0 Å². The molecule has 0 aromatic carbocycles. The van der Waals surface area contributed by atoms with E-state index in [0.717, 1.165) is 5.69 Å². The SMILES string of the molecule is COn1[nH]c(=O)cc1C. The first-order valence-electron chi connectivity index (χ1n) is 2.57. The van der Waals surface area contributed by atoms with Crippen molar-refractivity contribution in [1.29, 1.82) is 0 Å². The predicted molar refractivity (Wildman–Crippen MR) is 32.3 cm³/mol. The van der Waals surface area contributed by atoms with Gasteiger partial charge in [-0.25, -0.2) is 5.10 Å². The van der Waals surface area contributed by atoms with Crippen LogP contribution in [0, 0.1) is 6.92 Å². The summed E-state index contributed by atoms with van der Waals surface area (Å²) in [5, 5.41) is 2.43. The van der Waals surface area contributed by atoms with E-state index >= 15 is 0 Å². The monoisotopic (exact) mass is 128 g/mol. The number of aromatic nitrogens is 2. The van der Waals surface area contributed by atoms with E-state index in [9.17, 15) is 4.79 Å². The molecule has 0 fully saturated rings. The highest BCUT2D eigenvalue weighted by Gasteiger charge is 1.94.